The Labute approximate surface area is 131 Å². The minimum atomic E-state index is -0.181. The van der Waals surface area contributed by atoms with Crippen molar-refractivity contribution < 1.29 is 19.0 Å². The van der Waals surface area contributed by atoms with Gasteiger partial charge in [0.25, 0.3) is 0 Å². The fourth-order valence-electron chi connectivity index (χ4n) is 1.89. The van der Waals surface area contributed by atoms with Crippen molar-refractivity contribution in [3.05, 3.63) is 52.0 Å². The minimum absolute atomic E-state index is 0.124. The number of carbonyl (C=O) groups excluding carboxylic acids is 1. The third-order valence-electron chi connectivity index (χ3n) is 2.95. The van der Waals surface area contributed by atoms with E-state index in [0.717, 1.165) is 0 Å². The Bertz CT molecular complexity index is 700. The number of ketones is 1. The maximum absolute atomic E-state index is 12.1. The molecule has 2 aromatic carbocycles. The van der Waals surface area contributed by atoms with Crippen molar-refractivity contribution in [1.82, 2.24) is 0 Å². The van der Waals surface area contributed by atoms with E-state index < -0.39 is 0 Å². The average molecular weight is 325 g/mol. The van der Waals surface area contributed by atoms with Crippen molar-refractivity contribution in [3.8, 4) is 17.2 Å². The molecular weight excluding hydrogens is 315 g/mol. The summed E-state index contributed by atoms with van der Waals surface area (Å²) in [5, 5.41) is 0.871. The summed E-state index contributed by atoms with van der Waals surface area (Å²) >= 11 is 11.8. The van der Waals surface area contributed by atoms with Crippen LogP contribution in [0.1, 0.15) is 10.4 Å². The van der Waals surface area contributed by atoms with Gasteiger partial charge in [0.15, 0.2) is 23.9 Å². The molecule has 6 heteroatoms. The number of Topliss-reactive ketones (excluding diaryl/α,β-unsaturated/α-hetero) is 1. The molecule has 0 unspecified atom stereocenters. The van der Waals surface area contributed by atoms with E-state index in [-0.39, 0.29) is 19.2 Å². The third-order valence-corrected chi connectivity index (χ3v) is 3.48. The fraction of sp³-hybridized carbons (Fsp3) is 0.133. The summed E-state index contributed by atoms with van der Waals surface area (Å²) in [7, 11) is 0. The number of carbonyl (C=O) groups is 1. The maximum Gasteiger partial charge on any atom is 0.231 e. The lowest BCUT2D eigenvalue weighted by Crippen LogP contribution is -2.11. The first-order valence-corrected chi connectivity index (χ1v) is 6.90. The highest BCUT2D eigenvalue weighted by Crippen LogP contribution is 2.33. The summed E-state index contributed by atoms with van der Waals surface area (Å²) in [4.78, 5) is 12.1. The van der Waals surface area contributed by atoms with Gasteiger partial charge in [-0.2, -0.15) is 0 Å². The monoisotopic (exact) mass is 324 g/mol. The van der Waals surface area contributed by atoms with E-state index in [2.05, 4.69) is 0 Å². The van der Waals surface area contributed by atoms with Crippen molar-refractivity contribution in [1.29, 1.82) is 0 Å². The highest BCUT2D eigenvalue weighted by molar-refractivity contribution is 6.35. The molecule has 0 atom stereocenters. The number of hydrogen-bond donors (Lipinski definition) is 0. The highest BCUT2D eigenvalue weighted by atomic mass is 35.5. The predicted octanol–water partition coefficient (Wildman–Crippen LogP) is 3.98. The molecular formula is C15H10Cl2O4. The largest absolute Gasteiger partial charge is 0.484 e. The van der Waals surface area contributed by atoms with E-state index in [1.807, 2.05) is 0 Å². The Morgan fingerprint density at radius 2 is 1.90 bits per heavy atom. The molecule has 0 N–H and O–H groups in total. The van der Waals surface area contributed by atoms with Crippen molar-refractivity contribution in [3.63, 3.8) is 0 Å². The first-order chi connectivity index (χ1) is 10.1. The zero-order valence-electron chi connectivity index (χ0n) is 10.8. The predicted molar refractivity (Wildman–Crippen MR) is 78.9 cm³/mol. The van der Waals surface area contributed by atoms with Crippen LogP contribution in [0, 0.1) is 0 Å². The van der Waals surface area contributed by atoms with E-state index in [9.17, 15) is 4.79 Å². The Hall–Kier alpha value is -1.91. The Kier molecular flexibility index (Phi) is 3.90. The van der Waals surface area contributed by atoms with Gasteiger partial charge in [-0.3, -0.25) is 4.79 Å². The summed E-state index contributed by atoms with van der Waals surface area (Å²) in [6, 6.07) is 9.83. The van der Waals surface area contributed by atoms with Gasteiger partial charge < -0.3 is 14.2 Å². The Balaban J connectivity index is 1.69. The van der Waals surface area contributed by atoms with Crippen LogP contribution in [0.5, 0.6) is 17.2 Å². The molecule has 1 aliphatic heterocycles. The minimum Gasteiger partial charge on any atom is -0.484 e. The zero-order valence-corrected chi connectivity index (χ0v) is 12.3. The lowest BCUT2D eigenvalue weighted by Gasteiger charge is -2.08. The van der Waals surface area contributed by atoms with Gasteiger partial charge in [-0.1, -0.05) is 23.2 Å². The van der Waals surface area contributed by atoms with Crippen molar-refractivity contribution in [2.24, 2.45) is 0 Å². The van der Waals surface area contributed by atoms with E-state index in [1.54, 1.807) is 36.4 Å². The molecule has 21 heavy (non-hydrogen) atoms. The van der Waals surface area contributed by atoms with Crippen LogP contribution in [0.2, 0.25) is 10.0 Å². The van der Waals surface area contributed by atoms with Crippen LogP contribution in [0.4, 0.5) is 0 Å². The summed E-state index contributed by atoms with van der Waals surface area (Å²) in [6.07, 6.45) is 0. The molecule has 4 nitrogen and oxygen atoms in total. The topological polar surface area (TPSA) is 44.8 Å². The number of fused-ring (bicyclic) bond motifs is 1. The van der Waals surface area contributed by atoms with Gasteiger partial charge in [0.05, 0.1) is 5.02 Å². The van der Waals surface area contributed by atoms with Crippen LogP contribution in [0.25, 0.3) is 0 Å². The first-order valence-electron chi connectivity index (χ1n) is 6.14. The molecule has 0 spiro atoms. The van der Waals surface area contributed by atoms with Crippen LogP contribution in [-0.4, -0.2) is 19.2 Å². The molecule has 0 saturated heterocycles. The molecule has 0 fully saturated rings. The molecule has 0 aliphatic carbocycles. The summed E-state index contributed by atoms with van der Waals surface area (Å²) in [5.41, 5.74) is 0.490. The number of benzene rings is 2. The summed E-state index contributed by atoms with van der Waals surface area (Å²) < 4.78 is 15.8. The molecule has 0 saturated carbocycles. The van der Waals surface area contributed by atoms with Gasteiger partial charge in [0.1, 0.15) is 5.75 Å². The molecule has 0 radical (unpaired) electrons. The Morgan fingerprint density at radius 1 is 1.10 bits per heavy atom. The molecule has 1 heterocycles. The molecule has 0 bridgehead atoms. The van der Waals surface area contributed by atoms with Crippen LogP contribution >= 0.6 is 23.2 Å². The number of ether oxygens (including phenoxy) is 3. The number of rotatable bonds is 4. The van der Waals surface area contributed by atoms with Crippen LogP contribution in [0.3, 0.4) is 0 Å². The van der Waals surface area contributed by atoms with E-state index >= 15 is 0 Å². The second-order valence-electron chi connectivity index (χ2n) is 4.35. The normalized spacial score (nSPS) is 12.3. The Morgan fingerprint density at radius 3 is 2.71 bits per heavy atom. The van der Waals surface area contributed by atoms with E-state index in [0.29, 0.717) is 32.9 Å². The van der Waals surface area contributed by atoms with Crippen molar-refractivity contribution in [2.45, 2.75) is 0 Å². The second-order valence-corrected chi connectivity index (χ2v) is 5.20. The standard InChI is InChI=1S/C15H10Cl2O4/c16-10-2-4-13(11(17)6-10)19-7-12(18)9-1-3-14-15(5-9)21-8-20-14/h1-6H,7-8H2. The lowest BCUT2D eigenvalue weighted by atomic mass is 10.1. The van der Waals surface area contributed by atoms with E-state index in [4.69, 9.17) is 37.4 Å². The van der Waals surface area contributed by atoms with Gasteiger partial charge in [0, 0.05) is 10.6 Å². The fourth-order valence-corrected chi connectivity index (χ4v) is 2.35. The lowest BCUT2D eigenvalue weighted by molar-refractivity contribution is 0.0921. The van der Waals surface area contributed by atoms with Gasteiger partial charge in [0.2, 0.25) is 6.79 Å². The highest BCUT2D eigenvalue weighted by Gasteiger charge is 2.16. The molecule has 108 valence electrons. The van der Waals surface area contributed by atoms with Crippen LogP contribution < -0.4 is 14.2 Å². The zero-order chi connectivity index (χ0) is 14.8. The third kappa shape index (κ3) is 3.06. The molecule has 0 aromatic heterocycles. The number of halogens is 2. The SMILES string of the molecule is O=C(COc1ccc(Cl)cc1Cl)c1ccc2c(c1)OCO2. The van der Waals surface area contributed by atoms with Crippen LogP contribution in [-0.2, 0) is 0 Å². The molecule has 2 aromatic rings. The molecule has 1 aliphatic rings. The second kappa shape index (κ2) is 5.84. The molecule has 3 rings (SSSR count). The summed E-state index contributed by atoms with van der Waals surface area (Å²) in [5.74, 6) is 1.42. The smallest absolute Gasteiger partial charge is 0.231 e. The van der Waals surface area contributed by atoms with Crippen molar-refractivity contribution >= 4 is 29.0 Å². The number of hydrogen-bond acceptors (Lipinski definition) is 4. The molecule has 0 amide bonds. The maximum atomic E-state index is 12.1. The van der Waals surface area contributed by atoms with E-state index in [1.165, 1.54) is 0 Å². The van der Waals surface area contributed by atoms with Crippen LogP contribution in [0.15, 0.2) is 36.4 Å². The average Bonchev–Trinajstić information content (AvgIpc) is 2.93. The van der Waals surface area contributed by atoms with Gasteiger partial charge >= 0.3 is 0 Å². The quantitative estimate of drug-likeness (QED) is 0.798. The van der Waals surface area contributed by atoms with Gasteiger partial charge in [-0.05, 0) is 36.4 Å². The first kappa shape index (κ1) is 14.0. The van der Waals surface area contributed by atoms with Crippen molar-refractivity contribution in [2.75, 3.05) is 13.4 Å². The van der Waals surface area contributed by atoms with Gasteiger partial charge in [-0.15, -0.1) is 0 Å². The van der Waals surface area contributed by atoms with Gasteiger partial charge in [-0.25, -0.2) is 0 Å². The summed E-state index contributed by atoms with van der Waals surface area (Å²) in [6.45, 7) is 0.0465.